The van der Waals surface area contributed by atoms with Crippen LogP contribution in [-0.2, 0) is 19.1 Å². The minimum atomic E-state index is -1.96. The molecule has 4 nitrogen and oxygen atoms in total. The molecule has 5 atom stereocenters. The Morgan fingerprint density at radius 1 is 0.929 bits per heavy atom. The standard InChI is InChI=1S/C22H34O4Si2/c1-25-20(23)16-15-14-12-9-10-13(11-12)17(14)22(28(6,7)8,18(16)21(24)26-2)19(15)27(3,4)5/h12-13,15,19H,9-11H2,1-8H3/t12-,13-,15+,19+,22+/m0/s1. The summed E-state index contributed by atoms with van der Waals surface area (Å²) in [6.07, 6.45) is 3.69. The molecule has 0 heterocycles. The summed E-state index contributed by atoms with van der Waals surface area (Å²) in [4.78, 5) is 26.4. The van der Waals surface area contributed by atoms with Gasteiger partial charge < -0.3 is 9.47 Å². The van der Waals surface area contributed by atoms with Crippen molar-refractivity contribution in [3.8, 4) is 0 Å². The molecule has 0 unspecified atom stereocenters. The van der Waals surface area contributed by atoms with Gasteiger partial charge in [0.05, 0.1) is 33.4 Å². The Balaban J connectivity index is 2.11. The molecule has 0 saturated heterocycles. The maximum Gasteiger partial charge on any atom is 0.334 e. The third-order valence-electron chi connectivity index (χ3n) is 8.04. The lowest BCUT2D eigenvalue weighted by molar-refractivity contribution is -0.139. The molecule has 4 aliphatic carbocycles. The van der Waals surface area contributed by atoms with Gasteiger partial charge in [-0.1, -0.05) is 50.4 Å². The van der Waals surface area contributed by atoms with Gasteiger partial charge in [0.2, 0.25) is 0 Å². The number of methoxy groups -OCH3 is 2. The highest BCUT2D eigenvalue weighted by Crippen LogP contribution is 2.82. The summed E-state index contributed by atoms with van der Waals surface area (Å²) < 4.78 is 10.6. The smallest absolute Gasteiger partial charge is 0.334 e. The topological polar surface area (TPSA) is 52.6 Å². The first kappa shape index (κ1) is 20.1. The molecule has 0 aliphatic heterocycles. The van der Waals surface area contributed by atoms with Gasteiger partial charge in [-0.05, 0) is 36.6 Å². The highest BCUT2D eigenvalue weighted by molar-refractivity contribution is 6.87. The van der Waals surface area contributed by atoms with Crippen molar-refractivity contribution >= 4 is 28.1 Å². The molecule has 0 radical (unpaired) electrons. The van der Waals surface area contributed by atoms with Gasteiger partial charge >= 0.3 is 11.9 Å². The van der Waals surface area contributed by atoms with Crippen LogP contribution in [0, 0.1) is 17.8 Å². The molecule has 154 valence electrons. The molecular weight excluding hydrogens is 384 g/mol. The molecule has 1 saturated carbocycles. The number of rotatable bonds is 4. The molecule has 6 heteroatoms. The van der Waals surface area contributed by atoms with Gasteiger partial charge in [0.25, 0.3) is 0 Å². The highest BCUT2D eigenvalue weighted by Gasteiger charge is 2.75. The summed E-state index contributed by atoms with van der Waals surface area (Å²) >= 11 is 0. The summed E-state index contributed by atoms with van der Waals surface area (Å²) in [5.74, 6) is 0.645. The van der Waals surface area contributed by atoms with Gasteiger partial charge in [0, 0.05) is 19.0 Å². The Kier molecular flexibility index (Phi) is 4.27. The average molecular weight is 419 g/mol. The van der Waals surface area contributed by atoms with Crippen molar-refractivity contribution in [2.75, 3.05) is 14.2 Å². The Hall–Kier alpha value is -1.15. The fourth-order valence-corrected chi connectivity index (χ4v) is 16.4. The maximum atomic E-state index is 13.3. The van der Waals surface area contributed by atoms with E-state index in [0.29, 0.717) is 28.5 Å². The quantitative estimate of drug-likeness (QED) is 0.285. The van der Waals surface area contributed by atoms with Crippen molar-refractivity contribution < 1.29 is 19.1 Å². The minimum Gasteiger partial charge on any atom is -0.466 e. The molecule has 0 aromatic heterocycles. The van der Waals surface area contributed by atoms with E-state index in [1.165, 1.54) is 33.5 Å². The van der Waals surface area contributed by atoms with Crippen molar-refractivity contribution in [2.24, 2.45) is 17.8 Å². The molecule has 4 rings (SSSR count). The SMILES string of the molecule is COC(=O)C1=C(C(=O)OC)[C@]2([Si](C)(C)C)C3=C([C@H]4CC[C@H]3C4)[C@H]1[C@H]2[Si](C)(C)C. The van der Waals surface area contributed by atoms with E-state index in [4.69, 9.17) is 9.47 Å². The second kappa shape index (κ2) is 5.94. The van der Waals surface area contributed by atoms with Gasteiger partial charge in [0.1, 0.15) is 0 Å². The van der Waals surface area contributed by atoms with E-state index in [9.17, 15) is 9.59 Å². The number of carbonyl (C=O) groups excluding carboxylic acids is 2. The van der Waals surface area contributed by atoms with Crippen LogP contribution >= 0.6 is 0 Å². The predicted molar refractivity (Wildman–Crippen MR) is 116 cm³/mol. The Labute approximate surface area is 170 Å². The molecular formula is C22H34O4Si2. The van der Waals surface area contributed by atoms with Crippen molar-refractivity contribution in [1.29, 1.82) is 0 Å². The summed E-state index contributed by atoms with van der Waals surface area (Å²) in [6, 6.07) is 0. The molecule has 0 aromatic rings. The van der Waals surface area contributed by atoms with Gasteiger partial charge in [-0.3, -0.25) is 0 Å². The van der Waals surface area contributed by atoms with Crippen molar-refractivity contribution in [1.82, 2.24) is 0 Å². The normalized spacial score (nSPS) is 36.3. The first-order valence-corrected chi connectivity index (χ1v) is 17.7. The van der Waals surface area contributed by atoms with Crippen LogP contribution in [0.5, 0.6) is 0 Å². The van der Waals surface area contributed by atoms with E-state index >= 15 is 0 Å². The monoisotopic (exact) mass is 418 g/mol. The average Bonchev–Trinajstić information content (AvgIpc) is 3.32. The van der Waals surface area contributed by atoms with E-state index in [2.05, 4.69) is 39.3 Å². The number of hydrogen-bond donors (Lipinski definition) is 0. The van der Waals surface area contributed by atoms with E-state index in [0.717, 1.165) is 0 Å². The number of hydrogen-bond acceptors (Lipinski definition) is 4. The molecule has 0 N–H and O–H groups in total. The lowest BCUT2D eigenvalue weighted by atomic mass is 9.78. The molecule has 0 spiro atoms. The van der Waals surface area contributed by atoms with Crippen LogP contribution in [0.3, 0.4) is 0 Å². The summed E-state index contributed by atoms with van der Waals surface area (Å²) in [5.41, 5.74) is 4.82. The van der Waals surface area contributed by atoms with E-state index in [-0.39, 0.29) is 22.9 Å². The van der Waals surface area contributed by atoms with Crippen molar-refractivity contribution in [3.63, 3.8) is 0 Å². The van der Waals surface area contributed by atoms with Gasteiger partial charge in [0.15, 0.2) is 0 Å². The van der Waals surface area contributed by atoms with Crippen LogP contribution in [0.4, 0.5) is 0 Å². The number of ether oxygens (including phenoxy) is 2. The number of esters is 2. The zero-order chi connectivity index (χ0) is 20.8. The second-order valence-electron chi connectivity index (χ2n) is 11.2. The summed E-state index contributed by atoms with van der Waals surface area (Å²) in [5, 5.41) is -0.270. The zero-order valence-corrected chi connectivity index (χ0v) is 20.6. The number of carbonyl (C=O) groups is 2. The summed E-state index contributed by atoms with van der Waals surface area (Å²) in [6.45, 7) is 14.4. The van der Waals surface area contributed by atoms with Gasteiger partial charge in [-0.25, -0.2) is 9.59 Å². The first-order chi connectivity index (χ1) is 12.9. The second-order valence-corrected chi connectivity index (χ2v) is 21.9. The predicted octanol–water partition coefficient (Wildman–Crippen LogP) is 4.79. The molecule has 0 aromatic carbocycles. The fraction of sp³-hybridized carbons (Fsp3) is 0.727. The maximum absolute atomic E-state index is 13.3. The minimum absolute atomic E-state index is 0.0743. The van der Waals surface area contributed by atoms with Crippen LogP contribution in [-0.4, -0.2) is 42.3 Å². The van der Waals surface area contributed by atoms with Crippen LogP contribution in [0.1, 0.15) is 19.3 Å². The highest BCUT2D eigenvalue weighted by atomic mass is 28.3. The fourth-order valence-electron chi connectivity index (χ4n) is 7.64. The molecule has 0 amide bonds. The molecule has 1 fully saturated rings. The van der Waals surface area contributed by atoms with E-state index in [1.807, 2.05) is 0 Å². The lowest BCUT2D eigenvalue weighted by Gasteiger charge is -2.51. The Morgan fingerprint density at radius 3 is 2.00 bits per heavy atom. The van der Waals surface area contributed by atoms with Crippen LogP contribution < -0.4 is 0 Å². The van der Waals surface area contributed by atoms with Gasteiger partial charge in [-0.2, -0.15) is 0 Å². The molecule has 28 heavy (non-hydrogen) atoms. The van der Waals surface area contributed by atoms with Crippen LogP contribution in [0.25, 0.3) is 0 Å². The van der Waals surface area contributed by atoms with E-state index < -0.39 is 16.1 Å². The largest absolute Gasteiger partial charge is 0.466 e. The molecule has 4 aliphatic rings. The third-order valence-corrected chi connectivity index (χ3v) is 14.2. The summed E-state index contributed by atoms with van der Waals surface area (Å²) in [7, 11) is -0.800. The van der Waals surface area contributed by atoms with Crippen molar-refractivity contribution in [2.45, 2.75) is 69.1 Å². The van der Waals surface area contributed by atoms with E-state index in [1.54, 1.807) is 11.1 Å². The number of allylic oxidation sites excluding steroid dienone is 2. The van der Waals surface area contributed by atoms with Crippen LogP contribution in [0.2, 0.25) is 49.9 Å². The molecule has 4 bridgehead atoms. The first-order valence-electron chi connectivity index (χ1n) is 10.6. The zero-order valence-electron chi connectivity index (χ0n) is 18.6. The Morgan fingerprint density at radius 2 is 1.50 bits per heavy atom. The van der Waals surface area contributed by atoms with Crippen LogP contribution in [0.15, 0.2) is 22.3 Å². The van der Waals surface area contributed by atoms with Crippen molar-refractivity contribution in [3.05, 3.63) is 22.3 Å². The third kappa shape index (κ3) is 2.16. The Bertz CT molecular complexity index is 826. The number of fused-ring (bicyclic) bond motifs is 8. The van der Waals surface area contributed by atoms with Gasteiger partial charge in [-0.15, -0.1) is 0 Å². The lowest BCUT2D eigenvalue weighted by Crippen LogP contribution is -2.50.